The highest BCUT2D eigenvalue weighted by molar-refractivity contribution is 6.29. The number of hydrogen-bond acceptors (Lipinski definition) is 5. The third-order valence-electron chi connectivity index (χ3n) is 2.77. The van der Waals surface area contributed by atoms with Crippen molar-refractivity contribution in [2.24, 2.45) is 0 Å². The van der Waals surface area contributed by atoms with Gasteiger partial charge in [-0.1, -0.05) is 24.4 Å². The summed E-state index contributed by atoms with van der Waals surface area (Å²) in [6, 6.07) is 1.64. The number of nitrogens with one attached hydrogen (secondary N) is 1. The summed E-state index contributed by atoms with van der Waals surface area (Å²) in [4.78, 5) is 7.80. The molecule has 88 valence electrons. The lowest BCUT2D eigenvalue weighted by atomic mass is 9.93. The molecule has 4 N–H and O–H groups in total. The van der Waals surface area contributed by atoms with Crippen molar-refractivity contribution >= 4 is 23.4 Å². The van der Waals surface area contributed by atoms with E-state index in [1.165, 1.54) is 0 Å². The van der Waals surface area contributed by atoms with E-state index in [4.69, 9.17) is 17.3 Å². The van der Waals surface area contributed by atoms with Crippen LogP contribution < -0.4 is 11.1 Å². The highest BCUT2D eigenvalue weighted by Gasteiger charge is 2.23. The minimum absolute atomic E-state index is 0.0270. The molecule has 2 rings (SSSR count). The van der Waals surface area contributed by atoms with E-state index in [0.717, 1.165) is 25.7 Å². The molecule has 1 saturated carbocycles. The number of hydrogen-bond donors (Lipinski definition) is 3. The van der Waals surface area contributed by atoms with Crippen LogP contribution in [-0.4, -0.2) is 27.2 Å². The van der Waals surface area contributed by atoms with Gasteiger partial charge in [-0.3, -0.25) is 0 Å². The lowest BCUT2D eigenvalue weighted by molar-refractivity contribution is 0.116. The number of rotatable bonds is 2. The van der Waals surface area contributed by atoms with Crippen molar-refractivity contribution in [3.63, 3.8) is 0 Å². The molecule has 16 heavy (non-hydrogen) atoms. The zero-order chi connectivity index (χ0) is 11.5. The largest absolute Gasteiger partial charge is 0.391 e. The van der Waals surface area contributed by atoms with Crippen molar-refractivity contribution in [2.75, 3.05) is 11.1 Å². The van der Waals surface area contributed by atoms with Crippen LogP contribution in [-0.2, 0) is 0 Å². The van der Waals surface area contributed by atoms with Crippen molar-refractivity contribution < 1.29 is 5.11 Å². The van der Waals surface area contributed by atoms with E-state index in [0.29, 0.717) is 11.0 Å². The van der Waals surface area contributed by atoms with Crippen molar-refractivity contribution in [3.05, 3.63) is 11.2 Å². The summed E-state index contributed by atoms with van der Waals surface area (Å²) >= 11 is 5.77. The van der Waals surface area contributed by atoms with Crippen molar-refractivity contribution in [2.45, 2.75) is 37.8 Å². The maximum absolute atomic E-state index is 9.80. The summed E-state index contributed by atoms with van der Waals surface area (Å²) < 4.78 is 0. The Balaban J connectivity index is 2.07. The van der Waals surface area contributed by atoms with Crippen LogP contribution >= 0.6 is 11.6 Å². The van der Waals surface area contributed by atoms with Crippen molar-refractivity contribution in [3.8, 4) is 0 Å². The molecule has 6 heteroatoms. The van der Waals surface area contributed by atoms with Crippen molar-refractivity contribution in [1.82, 2.24) is 9.97 Å². The molecule has 0 aliphatic heterocycles. The molecule has 0 radical (unpaired) electrons. The second-order valence-electron chi connectivity index (χ2n) is 4.04. The monoisotopic (exact) mass is 242 g/mol. The van der Waals surface area contributed by atoms with Crippen LogP contribution in [0.15, 0.2) is 6.07 Å². The maximum Gasteiger partial charge on any atom is 0.223 e. The number of aliphatic hydroxyl groups is 1. The summed E-state index contributed by atoms with van der Waals surface area (Å²) in [6.07, 6.45) is 3.62. The van der Waals surface area contributed by atoms with Gasteiger partial charge in [0.15, 0.2) is 0 Å². The summed E-state index contributed by atoms with van der Waals surface area (Å²) in [5.41, 5.74) is 5.49. The second-order valence-corrected chi connectivity index (χ2v) is 4.42. The van der Waals surface area contributed by atoms with Gasteiger partial charge < -0.3 is 16.2 Å². The number of nitrogen functional groups attached to an aromatic ring is 1. The number of anilines is 2. The molecule has 0 spiro atoms. The first-order valence-electron chi connectivity index (χ1n) is 5.40. The minimum Gasteiger partial charge on any atom is -0.391 e. The highest BCUT2D eigenvalue weighted by Crippen LogP contribution is 2.22. The molecule has 0 bridgehead atoms. The van der Waals surface area contributed by atoms with Gasteiger partial charge in [-0.05, 0) is 12.8 Å². The van der Waals surface area contributed by atoms with Gasteiger partial charge >= 0.3 is 0 Å². The van der Waals surface area contributed by atoms with E-state index in [9.17, 15) is 5.11 Å². The average Bonchev–Trinajstić information content (AvgIpc) is 2.20. The van der Waals surface area contributed by atoms with Crippen LogP contribution in [0.4, 0.5) is 11.8 Å². The van der Waals surface area contributed by atoms with Gasteiger partial charge in [0.25, 0.3) is 0 Å². The van der Waals surface area contributed by atoms with E-state index in [2.05, 4.69) is 15.3 Å². The molecule has 5 nitrogen and oxygen atoms in total. The number of aromatic nitrogens is 2. The Bertz CT molecular complexity index is 354. The van der Waals surface area contributed by atoms with E-state index in [1.807, 2.05) is 0 Å². The minimum atomic E-state index is -0.330. The van der Waals surface area contributed by atoms with E-state index in [1.54, 1.807) is 6.07 Å². The van der Waals surface area contributed by atoms with Crippen LogP contribution in [0.3, 0.4) is 0 Å². The van der Waals surface area contributed by atoms with Crippen LogP contribution in [0.2, 0.25) is 5.15 Å². The topological polar surface area (TPSA) is 84.1 Å². The SMILES string of the molecule is Nc1nc(Cl)cc(N[C@H]2CCCC[C@H]2O)n1. The molecule has 1 aliphatic carbocycles. The van der Waals surface area contributed by atoms with E-state index >= 15 is 0 Å². The fourth-order valence-corrected chi connectivity index (χ4v) is 2.17. The molecule has 2 atom stereocenters. The first-order valence-corrected chi connectivity index (χ1v) is 5.77. The molecule has 1 aromatic heterocycles. The predicted octanol–water partition coefficient (Wildman–Crippen LogP) is 1.43. The van der Waals surface area contributed by atoms with Crippen LogP contribution in [0.25, 0.3) is 0 Å². The molecule has 0 aromatic carbocycles. The number of nitrogens with two attached hydrogens (primary N) is 1. The third kappa shape index (κ3) is 2.74. The maximum atomic E-state index is 9.80. The van der Waals surface area contributed by atoms with Gasteiger partial charge in [0, 0.05) is 6.07 Å². The molecular weight excluding hydrogens is 228 g/mol. The Morgan fingerprint density at radius 2 is 2.12 bits per heavy atom. The summed E-state index contributed by atoms with van der Waals surface area (Å²) in [5.74, 6) is 0.712. The van der Waals surface area contributed by atoms with Gasteiger partial charge in [0.1, 0.15) is 11.0 Å². The molecule has 0 unspecified atom stereocenters. The van der Waals surface area contributed by atoms with Crippen LogP contribution in [0.5, 0.6) is 0 Å². The summed E-state index contributed by atoms with van der Waals surface area (Å²) in [6.45, 7) is 0. The van der Waals surface area contributed by atoms with Crippen LogP contribution in [0, 0.1) is 0 Å². The molecule has 1 fully saturated rings. The lowest BCUT2D eigenvalue weighted by Gasteiger charge is -2.28. The molecule has 0 saturated heterocycles. The quantitative estimate of drug-likeness (QED) is 0.684. The first kappa shape index (κ1) is 11.4. The highest BCUT2D eigenvalue weighted by atomic mass is 35.5. The van der Waals surface area contributed by atoms with Crippen LogP contribution in [0.1, 0.15) is 25.7 Å². The number of nitrogens with zero attached hydrogens (tertiary/aromatic N) is 2. The summed E-state index contributed by atoms with van der Waals surface area (Å²) in [5, 5.41) is 13.3. The predicted molar refractivity (Wildman–Crippen MR) is 63.3 cm³/mol. The standard InChI is InChI=1S/C10H15ClN4O/c11-8-5-9(15-10(12)14-8)13-6-3-1-2-4-7(6)16/h5-7,16H,1-4H2,(H3,12,13,14,15)/t6-,7+/m0/s1. The third-order valence-corrected chi connectivity index (χ3v) is 2.97. The van der Waals surface area contributed by atoms with E-state index in [-0.39, 0.29) is 18.1 Å². The smallest absolute Gasteiger partial charge is 0.223 e. The summed E-state index contributed by atoms with van der Waals surface area (Å²) in [7, 11) is 0. The van der Waals surface area contributed by atoms with Gasteiger partial charge in [-0.2, -0.15) is 4.98 Å². The van der Waals surface area contributed by atoms with Gasteiger partial charge in [0.05, 0.1) is 12.1 Å². The molecular formula is C10H15ClN4O. The van der Waals surface area contributed by atoms with Gasteiger partial charge in [-0.15, -0.1) is 0 Å². The fraction of sp³-hybridized carbons (Fsp3) is 0.600. The first-order chi connectivity index (χ1) is 7.65. The Morgan fingerprint density at radius 3 is 2.81 bits per heavy atom. The van der Waals surface area contributed by atoms with Gasteiger partial charge in [-0.25, -0.2) is 4.98 Å². The van der Waals surface area contributed by atoms with Crippen molar-refractivity contribution in [1.29, 1.82) is 0 Å². The molecule has 1 heterocycles. The van der Waals surface area contributed by atoms with E-state index < -0.39 is 0 Å². The Morgan fingerprint density at radius 1 is 1.38 bits per heavy atom. The molecule has 1 aromatic rings. The zero-order valence-corrected chi connectivity index (χ0v) is 9.61. The lowest BCUT2D eigenvalue weighted by Crippen LogP contribution is -2.36. The van der Waals surface area contributed by atoms with Gasteiger partial charge in [0.2, 0.25) is 5.95 Å². The molecule has 1 aliphatic rings. The Labute approximate surface area is 99.0 Å². The second kappa shape index (κ2) is 4.84. The Hall–Kier alpha value is -1.07. The zero-order valence-electron chi connectivity index (χ0n) is 8.86. The molecule has 0 amide bonds. The number of halogens is 1. The fourth-order valence-electron chi connectivity index (χ4n) is 1.98. The average molecular weight is 243 g/mol. The normalized spacial score (nSPS) is 25.4. The number of aliphatic hydroxyl groups excluding tert-OH is 1. The Kier molecular flexibility index (Phi) is 3.46.